The zero-order chi connectivity index (χ0) is 15.9. The van der Waals surface area contributed by atoms with E-state index in [2.05, 4.69) is 11.1 Å². The van der Waals surface area contributed by atoms with Crippen LogP contribution in [-0.4, -0.2) is 10.8 Å². The number of hydrogen-bond acceptors (Lipinski definition) is 2. The van der Waals surface area contributed by atoms with Crippen molar-refractivity contribution in [3.8, 4) is 11.3 Å². The number of rotatable bonds is 2. The van der Waals surface area contributed by atoms with Crippen molar-refractivity contribution in [1.82, 2.24) is 4.98 Å². The first-order valence-corrected chi connectivity index (χ1v) is 7.38. The summed E-state index contributed by atoms with van der Waals surface area (Å²) in [6.45, 7) is 5.82. The molecule has 0 aliphatic heterocycles. The van der Waals surface area contributed by atoms with Crippen molar-refractivity contribution < 1.29 is 4.79 Å². The average molecular weight is 292 g/mol. The first-order valence-electron chi connectivity index (χ1n) is 7.38. The summed E-state index contributed by atoms with van der Waals surface area (Å²) in [6, 6.07) is 15.7. The number of carbonyl (C=O) groups excluding carboxylic acids is 1. The minimum Gasteiger partial charge on any atom is -0.399 e. The average Bonchev–Trinajstić information content (AvgIpc) is 2.89. The number of aromatic amines is 1. The molecule has 0 spiro atoms. The van der Waals surface area contributed by atoms with Crippen LogP contribution >= 0.6 is 0 Å². The number of nitrogens with two attached hydrogens (primary N) is 1. The van der Waals surface area contributed by atoms with Gasteiger partial charge in [0.25, 0.3) is 0 Å². The molecule has 0 radical (unpaired) electrons. The Labute approximate surface area is 130 Å². The van der Waals surface area contributed by atoms with Crippen molar-refractivity contribution in [3.05, 3.63) is 54.1 Å². The molecular formula is C19H20N2O. The fourth-order valence-electron chi connectivity index (χ4n) is 2.52. The van der Waals surface area contributed by atoms with E-state index in [4.69, 9.17) is 5.73 Å². The Hall–Kier alpha value is -2.55. The van der Waals surface area contributed by atoms with Gasteiger partial charge in [0.15, 0.2) is 5.78 Å². The highest BCUT2D eigenvalue weighted by Gasteiger charge is 2.23. The Morgan fingerprint density at radius 3 is 2.32 bits per heavy atom. The minimum absolute atomic E-state index is 0.151. The predicted molar refractivity (Wildman–Crippen MR) is 91.9 cm³/mol. The van der Waals surface area contributed by atoms with E-state index in [1.807, 2.05) is 63.2 Å². The van der Waals surface area contributed by atoms with Crippen molar-refractivity contribution in [3.63, 3.8) is 0 Å². The Kier molecular flexibility index (Phi) is 3.28. The summed E-state index contributed by atoms with van der Waals surface area (Å²) < 4.78 is 0. The van der Waals surface area contributed by atoms with Crippen molar-refractivity contribution in [2.24, 2.45) is 5.41 Å². The van der Waals surface area contributed by atoms with Crippen LogP contribution in [0.25, 0.3) is 22.2 Å². The largest absolute Gasteiger partial charge is 0.399 e. The molecule has 2 aromatic carbocycles. The highest BCUT2D eigenvalue weighted by Crippen LogP contribution is 2.27. The van der Waals surface area contributed by atoms with Gasteiger partial charge < -0.3 is 10.7 Å². The maximum Gasteiger partial charge on any atom is 0.168 e. The summed E-state index contributed by atoms with van der Waals surface area (Å²) in [5.74, 6) is 0.151. The number of carbonyl (C=O) groups is 1. The fourth-order valence-corrected chi connectivity index (χ4v) is 2.52. The second-order valence-corrected chi connectivity index (χ2v) is 6.69. The summed E-state index contributed by atoms with van der Waals surface area (Å²) in [5, 5.41) is 1.09. The van der Waals surface area contributed by atoms with Gasteiger partial charge in [0.2, 0.25) is 0 Å². The monoisotopic (exact) mass is 292 g/mol. The van der Waals surface area contributed by atoms with Gasteiger partial charge in [-0.1, -0.05) is 45.0 Å². The number of Topliss-reactive ketones (excluding diaryl/α,β-unsaturated/α-hetero) is 1. The SMILES string of the molecule is CC(C)(C)C(=O)c1ccc2cc(-c3ccc(N)cc3)[nH]c2c1. The lowest BCUT2D eigenvalue weighted by atomic mass is 9.86. The molecule has 0 fully saturated rings. The van der Waals surface area contributed by atoms with E-state index >= 15 is 0 Å². The zero-order valence-corrected chi connectivity index (χ0v) is 13.1. The topological polar surface area (TPSA) is 58.9 Å². The summed E-state index contributed by atoms with van der Waals surface area (Å²) in [6.07, 6.45) is 0. The van der Waals surface area contributed by atoms with E-state index in [9.17, 15) is 4.79 Å². The Morgan fingerprint density at radius 1 is 1.00 bits per heavy atom. The zero-order valence-electron chi connectivity index (χ0n) is 13.1. The third-order valence-corrected chi connectivity index (χ3v) is 3.79. The molecule has 0 aliphatic rings. The number of anilines is 1. The van der Waals surface area contributed by atoms with Crippen LogP contribution < -0.4 is 5.73 Å². The summed E-state index contributed by atoms with van der Waals surface area (Å²) >= 11 is 0. The second-order valence-electron chi connectivity index (χ2n) is 6.69. The lowest BCUT2D eigenvalue weighted by Crippen LogP contribution is -2.19. The molecule has 1 aromatic heterocycles. The third kappa shape index (κ3) is 2.62. The summed E-state index contributed by atoms with van der Waals surface area (Å²) in [7, 11) is 0. The predicted octanol–water partition coefficient (Wildman–Crippen LogP) is 4.65. The van der Waals surface area contributed by atoms with Gasteiger partial charge >= 0.3 is 0 Å². The Bertz CT molecular complexity index is 836. The molecule has 1 heterocycles. The lowest BCUT2D eigenvalue weighted by molar-refractivity contribution is 0.0858. The van der Waals surface area contributed by atoms with Gasteiger partial charge in [0, 0.05) is 33.3 Å². The highest BCUT2D eigenvalue weighted by molar-refractivity contribution is 6.02. The number of nitrogens with one attached hydrogen (secondary N) is 1. The van der Waals surface area contributed by atoms with E-state index in [1.54, 1.807) is 0 Å². The molecule has 3 heteroatoms. The highest BCUT2D eigenvalue weighted by atomic mass is 16.1. The normalized spacial score (nSPS) is 11.8. The standard InChI is InChI=1S/C19H20N2O/c1-19(2,3)18(22)14-5-4-13-10-16(21-17(13)11-14)12-6-8-15(20)9-7-12/h4-11,21H,20H2,1-3H3. The van der Waals surface area contributed by atoms with E-state index in [1.165, 1.54) is 0 Å². The van der Waals surface area contributed by atoms with Crippen molar-refractivity contribution in [2.45, 2.75) is 20.8 Å². The quantitative estimate of drug-likeness (QED) is 0.533. The van der Waals surface area contributed by atoms with Crippen LogP contribution in [-0.2, 0) is 0 Å². The molecule has 3 rings (SSSR count). The van der Waals surface area contributed by atoms with Crippen molar-refractivity contribution >= 4 is 22.4 Å². The molecule has 0 aliphatic carbocycles. The van der Waals surface area contributed by atoms with Crippen LogP contribution in [0.4, 0.5) is 5.69 Å². The number of fused-ring (bicyclic) bond motifs is 1. The van der Waals surface area contributed by atoms with Crippen LogP contribution in [0.2, 0.25) is 0 Å². The first-order chi connectivity index (χ1) is 10.3. The van der Waals surface area contributed by atoms with Gasteiger partial charge in [0.1, 0.15) is 0 Å². The van der Waals surface area contributed by atoms with Crippen LogP contribution in [0.1, 0.15) is 31.1 Å². The van der Waals surface area contributed by atoms with E-state index < -0.39 is 0 Å². The van der Waals surface area contributed by atoms with Crippen molar-refractivity contribution in [1.29, 1.82) is 0 Å². The number of H-pyrrole nitrogens is 1. The molecule has 0 atom stereocenters. The van der Waals surface area contributed by atoms with Gasteiger partial charge in [-0.15, -0.1) is 0 Å². The van der Waals surface area contributed by atoms with Gasteiger partial charge in [-0.25, -0.2) is 0 Å². The molecule has 0 saturated heterocycles. The summed E-state index contributed by atoms with van der Waals surface area (Å²) in [4.78, 5) is 15.8. The van der Waals surface area contributed by atoms with Crippen LogP contribution in [0, 0.1) is 5.41 Å². The van der Waals surface area contributed by atoms with Gasteiger partial charge in [-0.05, 0) is 29.8 Å². The third-order valence-electron chi connectivity index (χ3n) is 3.79. The maximum absolute atomic E-state index is 12.4. The van der Waals surface area contributed by atoms with Gasteiger partial charge in [0.05, 0.1) is 0 Å². The molecule has 3 aromatic rings. The second kappa shape index (κ2) is 5.02. The van der Waals surface area contributed by atoms with E-state index in [-0.39, 0.29) is 11.2 Å². The molecule has 112 valence electrons. The molecule has 0 bridgehead atoms. The number of aromatic nitrogens is 1. The number of hydrogen-bond donors (Lipinski definition) is 2. The number of ketones is 1. The molecular weight excluding hydrogens is 272 g/mol. The first kappa shape index (κ1) is 14.4. The van der Waals surface area contributed by atoms with E-state index in [0.29, 0.717) is 0 Å². The number of benzene rings is 2. The molecule has 0 saturated carbocycles. The van der Waals surface area contributed by atoms with Gasteiger partial charge in [-0.3, -0.25) is 4.79 Å². The molecule has 22 heavy (non-hydrogen) atoms. The molecule has 0 unspecified atom stereocenters. The maximum atomic E-state index is 12.4. The number of nitrogen functional groups attached to an aromatic ring is 1. The Morgan fingerprint density at radius 2 is 1.68 bits per heavy atom. The van der Waals surface area contributed by atoms with Crippen LogP contribution in [0.15, 0.2) is 48.5 Å². The molecule has 3 N–H and O–H groups in total. The fraction of sp³-hybridized carbons (Fsp3) is 0.211. The minimum atomic E-state index is -0.375. The van der Waals surface area contributed by atoms with Gasteiger partial charge in [-0.2, -0.15) is 0 Å². The van der Waals surface area contributed by atoms with E-state index in [0.717, 1.165) is 33.4 Å². The van der Waals surface area contributed by atoms with Crippen LogP contribution in [0.3, 0.4) is 0 Å². The molecule has 0 amide bonds. The Balaban J connectivity index is 2.04. The smallest absolute Gasteiger partial charge is 0.168 e. The summed E-state index contributed by atoms with van der Waals surface area (Å²) in [5.41, 5.74) is 9.92. The van der Waals surface area contributed by atoms with Crippen LogP contribution in [0.5, 0.6) is 0 Å². The van der Waals surface area contributed by atoms with Crippen molar-refractivity contribution in [2.75, 3.05) is 5.73 Å². The molecule has 3 nitrogen and oxygen atoms in total. The lowest BCUT2D eigenvalue weighted by Gasteiger charge is -2.16.